The Morgan fingerprint density at radius 1 is 0.957 bits per heavy atom. The average Bonchev–Trinajstić information content (AvgIpc) is 2.55. The lowest BCUT2D eigenvalue weighted by atomic mass is 9.92. The minimum Gasteiger partial charge on any atom is -0.400 e. The van der Waals surface area contributed by atoms with Gasteiger partial charge in [0.25, 0.3) is 0 Å². The smallest absolute Gasteiger partial charge is 0.0319 e. The van der Waals surface area contributed by atoms with Gasteiger partial charge in [-0.2, -0.15) is 0 Å². The van der Waals surface area contributed by atoms with E-state index < -0.39 is 0 Å². The zero-order valence-electron chi connectivity index (χ0n) is 15.3. The number of hydrogen-bond donors (Lipinski definition) is 2. The molecule has 2 N–H and O–H groups in total. The summed E-state index contributed by atoms with van der Waals surface area (Å²) in [6.45, 7) is 11.5. The topological polar surface area (TPSA) is 42.0 Å². The molecule has 0 amide bonds. The summed E-state index contributed by atoms with van der Waals surface area (Å²) in [5.41, 5.74) is 0. The molecular weight excluding hydrogens is 288 g/mol. The van der Waals surface area contributed by atoms with Gasteiger partial charge in [-0.25, -0.2) is 0 Å². The van der Waals surface area contributed by atoms with E-state index in [2.05, 4.69) is 27.1 Å². The van der Waals surface area contributed by atoms with Gasteiger partial charge in [-0.15, -0.1) is 0 Å². The third-order valence-corrected chi connectivity index (χ3v) is 5.91. The highest BCUT2D eigenvalue weighted by atomic mass is 16.2. The molecule has 2 heterocycles. The van der Waals surface area contributed by atoms with Crippen molar-refractivity contribution in [2.45, 2.75) is 38.1 Å². The minimum absolute atomic E-state index is 0.895. The Bertz CT molecular complexity index is 297. The molecule has 3 rings (SSSR count). The number of aliphatic hydroxyl groups excluding tert-OH is 1. The van der Waals surface area contributed by atoms with Gasteiger partial charge in [-0.1, -0.05) is 6.42 Å². The van der Waals surface area contributed by atoms with Gasteiger partial charge in [0, 0.05) is 59.0 Å². The number of piperidine rings is 1. The van der Waals surface area contributed by atoms with E-state index in [4.69, 9.17) is 5.11 Å². The lowest BCUT2D eigenvalue weighted by molar-refractivity contribution is 0.0896. The molecule has 0 aromatic rings. The highest BCUT2D eigenvalue weighted by molar-refractivity contribution is 4.80. The van der Waals surface area contributed by atoms with Gasteiger partial charge in [0.05, 0.1) is 0 Å². The molecule has 0 radical (unpaired) electrons. The average molecular weight is 327 g/mol. The van der Waals surface area contributed by atoms with Crippen LogP contribution >= 0.6 is 0 Å². The lowest BCUT2D eigenvalue weighted by Gasteiger charge is -2.39. The predicted octanol–water partition coefficient (Wildman–Crippen LogP) is 0.696. The molecule has 1 aliphatic carbocycles. The highest BCUT2D eigenvalue weighted by Crippen LogP contribution is 2.23. The van der Waals surface area contributed by atoms with Crippen molar-refractivity contribution in [3.63, 3.8) is 0 Å². The van der Waals surface area contributed by atoms with Crippen LogP contribution in [0.15, 0.2) is 0 Å². The molecule has 136 valence electrons. The molecule has 1 saturated carbocycles. The van der Waals surface area contributed by atoms with Crippen LogP contribution in [0, 0.1) is 5.92 Å². The number of rotatable bonds is 6. The first-order valence-corrected chi connectivity index (χ1v) is 9.61. The van der Waals surface area contributed by atoms with Gasteiger partial charge in [0.15, 0.2) is 0 Å². The van der Waals surface area contributed by atoms with Gasteiger partial charge >= 0.3 is 0 Å². The van der Waals surface area contributed by atoms with Crippen LogP contribution in [0.3, 0.4) is 0 Å². The monoisotopic (exact) mass is 326 g/mol. The van der Waals surface area contributed by atoms with Crippen LogP contribution < -0.4 is 5.32 Å². The summed E-state index contributed by atoms with van der Waals surface area (Å²) in [7, 11) is 3.32. The van der Waals surface area contributed by atoms with E-state index in [0.717, 1.165) is 19.1 Å². The number of aliphatic hydroxyl groups is 1. The maximum Gasteiger partial charge on any atom is 0.0319 e. The first kappa shape index (κ1) is 19.1. The highest BCUT2D eigenvalue weighted by Gasteiger charge is 2.24. The van der Waals surface area contributed by atoms with E-state index in [1.165, 1.54) is 91.0 Å². The normalized spacial score (nSPS) is 25.0. The molecule has 3 aliphatic rings. The SMILES string of the molecule is CN(CCN1CCN(CC2CCNCC2)CC1)C1CCC1.CO. The summed E-state index contributed by atoms with van der Waals surface area (Å²) in [5.74, 6) is 0.947. The van der Waals surface area contributed by atoms with Crippen molar-refractivity contribution in [2.75, 3.05) is 73.1 Å². The van der Waals surface area contributed by atoms with E-state index in [1.807, 2.05) is 0 Å². The minimum atomic E-state index is 0.895. The van der Waals surface area contributed by atoms with Crippen molar-refractivity contribution in [3.05, 3.63) is 0 Å². The second kappa shape index (κ2) is 10.6. The third-order valence-electron chi connectivity index (χ3n) is 5.91. The molecule has 0 atom stereocenters. The number of nitrogens with one attached hydrogen (secondary N) is 1. The van der Waals surface area contributed by atoms with E-state index in [-0.39, 0.29) is 0 Å². The third kappa shape index (κ3) is 6.31. The second-order valence-electron chi connectivity index (χ2n) is 7.40. The number of piperazine rings is 1. The molecule has 23 heavy (non-hydrogen) atoms. The molecule has 0 unspecified atom stereocenters. The van der Waals surface area contributed by atoms with Gasteiger partial charge in [-0.05, 0) is 51.7 Å². The molecule has 5 nitrogen and oxygen atoms in total. The van der Waals surface area contributed by atoms with E-state index in [9.17, 15) is 0 Å². The van der Waals surface area contributed by atoms with Crippen LogP contribution in [-0.2, 0) is 0 Å². The summed E-state index contributed by atoms with van der Waals surface area (Å²) in [5, 5.41) is 10.5. The maximum atomic E-state index is 7.00. The Hall–Kier alpha value is -0.200. The Labute approximate surface area is 143 Å². The molecule has 0 spiro atoms. The first-order valence-electron chi connectivity index (χ1n) is 9.61. The van der Waals surface area contributed by atoms with Crippen LogP contribution in [-0.4, -0.2) is 98.9 Å². The lowest BCUT2D eigenvalue weighted by Crippen LogP contribution is -2.50. The van der Waals surface area contributed by atoms with Crippen molar-refractivity contribution in [1.82, 2.24) is 20.0 Å². The fourth-order valence-electron chi connectivity index (χ4n) is 3.93. The number of nitrogens with zero attached hydrogens (tertiary/aromatic N) is 3. The van der Waals surface area contributed by atoms with Crippen molar-refractivity contribution in [2.24, 2.45) is 5.92 Å². The van der Waals surface area contributed by atoms with E-state index in [1.54, 1.807) is 0 Å². The largest absolute Gasteiger partial charge is 0.400 e. The summed E-state index contributed by atoms with van der Waals surface area (Å²) in [6.07, 6.45) is 7.07. The maximum absolute atomic E-state index is 7.00. The Kier molecular flexibility index (Phi) is 8.83. The van der Waals surface area contributed by atoms with Crippen LogP contribution in [0.5, 0.6) is 0 Å². The van der Waals surface area contributed by atoms with Crippen LogP contribution in [0.25, 0.3) is 0 Å². The molecule has 3 fully saturated rings. The second-order valence-corrected chi connectivity index (χ2v) is 7.40. The van der Waals surface area contributed by atoms with Crippen molar-refractivity contribution < 1.29 is 5.11 Å². The molecule has 0 aromatic heterocycles. The molecule has 2 aliphatic heterocycles. The van der Waals surface area contributed by atoms with E-state index in [0.29, 0.717) is 0 Å². The number of likely N-dealkylation sites (N-methyl/N-ethyl adjacent to an activating group) is 1. The van der Waals surface area contributed by atoms with Gasteiger partial charge in [0.2, 0.25) is 0 Å². The van der Waals surface area contributed by atoms with Gasteiger partial charge < -0.3 is 20.2 Å². The molecule has 0 aromatic carbocycles. The Morgan fingerprint density at radius 2 is 1.57 bits per heavy atom. The Morgan fingerprint density at radius 3 is 2.13 bits per heavy atom. The van der Waals surface area contributed by atoms with Crippen molar-refractivity contribution in [3.8, 4) is 0 Å². The van der Waals surface area contributed by atoms with Gasteiger partial charge in [-0.3, -0.25) is 4.90 Å². The predicted molar refractivity (Wildman–Crippen MR) is 96.9 cm³/mol. The first-order chi connectivity index (χ1) is 11.3. The standard InChI is InChI=1S/C17H34N4.CH4O/c1-19(17-3-2-4-17)9-10-20-11-13-21(14-12-20)15-16-5-7-18-8-6-16;1-2/h16-18H,2-15H2,1H3;2H,1H3. The van der Waals surface area contributed by atoms with Crippen molar-refractivity contribution >= 4 is 0 Å². The van der Waals surface area contributed by atoms with Crippen molar-refractivity contribution in [1.29, 1.82) is 0 Å². The van der Waals surface area contributed by atoms with Gasteiger partial charge in [0.1, 0.15) is 0 Å². The quantitative estimate of drug-likeness (QED) is 0.752. The molecule has 5 heteroatoms. The van der Waals surface area contributed by atoms with E-state index >= 15 is 0 Å². The fourth-order valence-corrected chi connectivity index (χ4v) is 3.93. The summed E-state index contributed by atoms with van der Waals surface area (Å²) >= 11 is 0. The molecule has 0 bridgehead atoms. The molecule has 2 saturated heterocycles. The van der Waals surface area contributed by atoms with Crippen LogP contribution in [0.4, 0.5) is 0 Å². The zero-order valence-corrected chi connectivity index (χ0v) is 15.3. The zero-order chi connectivity index (χ0) is 16.5. The number of hydrogen-bond acceptors (Lipinski definition) is 5. The summed E-state index contributed by atoms with van der Waals surface area (Å²) in [6, 6.07) is 0.895. The van der Waals surface area contributed by atoms with Crippen LogP contribution in [0.1, 0.15) is 32.1 Å². The summed E-state index contributed by atoms with van der Waals surface area (Å²) in [4.78, 5) is 7.97. The summed E-state index contributed by atoms with van der Waals surface area (Å²) < 4.78 is 0. The molecular formula is C18H38N4O. The fraction of sp³-hybridized carbons (Fsp3) is 1.00. The Balaban J connectivity index is 0.000000924. The van der Waals surface area contributed by atoms with Crippen LogP contribution in [0.2, 0.25) is 0 Å².